The van der Waals surface area contributed by atoms with E-state index < -0.39 is 0 Å². The molecule has 0 unspecified atom stereocenters. The van der Waals surface area contributed by atoms with E-state index in [4.69, 9.17) is 9.47 Å². The predicted molar refractivity (Wildman–Crippen MR) is 58.5 cm³/mol. The SMILES string of the molecule is COC1(OC)CN(Cc2ccccc2)C1. The van der Waals surface area contributed by atoms with Crippen molar-refractivity contribution in [3.05, 3.63) is 35.9 Å². The van der Waals surface area contributed by atoms with E-state index in [1.54, 1.807) is 14.2 Å². The van der Waals surface area contributed by atoms with Crippen molar-refractivity contribution in [2.45, 2.75) is 12.3 Å². The van der Waals surface area contributed by atoms with Crippen molar-refractivity contribution in [1.82, 2.24) is 4.90 Å². The second kappa shape index (κ2) is 4.31. The summed E-state index contributed by atoms with van der Waals surface area (Å²) >= 11 is 0. The third-order valence-electron chi connectivity index (χ3n) is 2.92. The number of likely N-dealkylation sites (tertiary alicyclic amines) is 1. The molecule has 0 aromatic heterocycles. The summed E-state index contributed by atoms with van der Waals surface area (Å²) in [6, 6.07) is 10.4. The molecule has 0 saturated carbocycles. The lowest BCUT2D eigenvalue weighted by Crippen LogP contribution is -2.63. The molecule has 0 aliphatic carbocycles. The van der Waals surface area contributed by atoms with E-state index in [9.17, 15) is 0 Å². The second-order valence-electron chi connectivity index (χ2n) is 3.95. The maximum absolute atomic E-state index is 5.33. The first-order valence-corrected chi connectivity index (χ1v) is 5.14. The smallest absolute Gasteiger partial charge is 0.193 e. The highest BCUT2D eigenvalue weighted by Gasteiger charge is 2.43. The summed E-state index contributed by atoms with van der Waals surface area (Å²) in [5, 5.41) is 0. The number of rotatable bonds is 4. The fourth-order valence-corrected chi connectivity index (χ4v) is 1.93. The van der Waals surface area contributed by atoms with Gasteiger partial charge in [-0.15, -0.1) is 0 Å². The Labute approximate surface area is 90.6 Å². The van der Waals surface area contributed by atoms with Crippen molar-refractivity contribution in [3.8, 4) is 0 Å². The molecule has 0 bridgehead atoms. The lowest BCUT2D eigenvalue weighted by atomic mass is 10.1. The van der Waals surface area contributed by atoms with Crippen molar-refractivity contribution in [1.29, 1.82) is 0 Å². The molecule has 3 nitrogen and oxygen atoms in total. The van der Waals surface area contributed by atoms with E-state index in [0.29, 0.717) is 0 Å². The van der Waals surface area contributed by atoms with Gasteiger partial charge in [0.1, 0.15) is 0 Å². The van der Waals surface area contributed by atoms with E-state index >= 15 is 0 Å². The third kappa shape index (κ3) is 2.20. The van der Waals surface area contributed by atoms with Gasteiger partial charge in [0.15, 0.2) is 5.79 Å². The fraction of sp³-hybridized carbons (Fsp3) is 0.500. The molecule has 3 heteroatoms. The monoisotopic (exact) mass is 207 g/mol. The maximum Gasteiger partial charge on any atom is 0.193 e. The number of nitrogens with zero attached hydrogens (tertiary/aromatic N) is 1. The Balaban J connectivity index is 1.86. The van der Waals surface area contributed by atoms with Gasteiger partial charge in [0.25, 0.3) is 0 Å². The molecule has 0 radical (unpaired) electrons. The molecule has 0 N–H and O–H groups in total. The number of hydrogen-bond acceptors (Lipinski definition) is 3. The highest BCUT2D eigenvalue weighted by molar-refractivity contribution is 5.15. The molecule has 1 saturated heterocycles. The quantitative estimate of drug-likeness (QED) is 0.698. The Morgan fingerprint density at radius 1 is 1.13 bits per heavy atom. The van der Waals surface area contributed by atoms with E-state index in [1.165, 1.54) is 5.56 Å². The molecule has 1 fully saturated rings. The van der Waals surface area contributed by atoms with E-state index in [1.807, 2.05) is 6.07 Å². The Morgan fingerprint density at radius 2 is 1.73 bits per heavy atom. The van der Waals surface area contributed by atoms with Gasteiger partial charge >= 0.3 is 0 Å². The van der Waals surface area contributed by atoms with Crippen LogP contribution in [0.1, 0.15) is 5.56 Å². The number of hydrogen-bond donors (Lipinski definition) is 0. The fourth-order valence-electron chi connectivity index (χ4n) is 1.93. The van der Waals surface area contributed by atoms with Gasteiger partial charge in [0, 0.05) is 20.8 Å². The van der Waals surface area contributed by atoms with Crippen LogP contribution in [0.15, 0.2) is 30.3 Å². The summed E-state index contributed by atoms with van der Waals surface area (Å²) in [6.45, 7) is 2.65. The van der Waals surface area contributed by atoms with Crippen LogP contribution in [0.3, 0.4) is 0 Å². The molecule has 1 aromatic carbocycles. The zero-order chi connectivity index (χ0) is 10.7. The normalized spacial score (nSPS) is 19.9. The van der Waals surface area contributed by atoms with Crippen LogP contribution in [0.4, 0.5) is 0 Å². The van der Waals surface area contributed by atoms with Gasteiger partial charge in [-0.3, -0.25) is 4.90 Å². The highest BCUT2D eigenvalue weighted by atomic mass is 16.7. The van der Waals surface area contributed by atoms with Crippen molar-refractivity contribution in [2.24, 2.45) is 0 Å². The third-order valence-corrected chi connectivity index (χ3v) is 2.92. The Kier molecular flexibility index (Phi) is 3.05. The summed E-state index contributed by atoms with van der Waals surface area (Å²) in [7, 11) is 3.40. The van der Waals surface area contributed by atoms with E-state index in [0.717, 1.165) is 19.6 Å². The molecular weight excluding hydrogens is 190 g/mol. The minimum atomic E-state index is -0.366. The van der Waals surface area contributed by atoms with Crippen LogP contribution >= 0.6 is 0 Å². The van der Waals surface area contributed by atoms with Crippen LogP contribution in [0, 0.1) is 0 Å². The molecular formula is C12H17NO2. The number of ether oxygens (including phenoxy) is 2. The summed E-state index contributed by atoms with van der Waals surface area (Å²) in [4.78, 5) is 2.31. The van der Waals surface area contributed by atoms with Crippen LogP contribution < -0.4 is 0 Å². The van der Waals surface area contributed by atoms with Gasteiger partial charge in [-0.25, -0.2) is 0 Å². The highest BCUT2D eigenvalue weighted by Crippen LogP contribution is 2.26. The first kappa shape index (κ1) is 10.6. The second-order valence-corrected chi connectivity index (χ2v) is 3.95. The largest absolute Gasteiger partial charge is 0.351 e. The number of methoxy groups -OCH3 is 2. The van der Waals surface area contributed by atoms with Gasteiger partial charge in [0.05, 0.1) is 13.1 Å². The van der Waals surface area contributed by atoms with Gasteiger partial charge in [-0.2, -0.15) is 0 Å². The Bertz CT molecular complexity index is 301. The first-order chi connectivity index (χ1) is 7.28. The van der Waals surface area contributed by atoms with Gasteiger partial charge in [-0.05, 0) is 5.56 Å². The average molecular weight is 207 g/mol. The molecule has 15 heavy (non-hydrogen) atoms. The summed E-state index contributed by atoms with van der Waals surface area (Å²) in [6.07, 6.45) is 0. The van der Waals surface area contributed by atoms with Crippen LogP contribution in [-0.2, 0) is 16.0 Å². The maximum atomic E-state index is 5.33. The van der Waals surface area contributed by atoms with Crippen molar-refractivity contribution < 1.29 is 9.47 Å². The molecule has 1 aliphatic rings. The van der Waals surface area contributed by atoms with E-state index in [2.05, 4.69) is 29.2 Å². The summed E-state index contributed by atoms with van der Waals surface area (Å²) in [5.41, 5.74) is 1.33. The van der Waals surface area contributed by atoms with Gasteiger partial charge < -0.3 is 9.47 Å². The van der Waals surface area contributed by atoms with Crippen LogP contribution in [0.5, 0.6) is 0 Å². The molecule has 1 aliphatic heterocycles. The molecule has 0 amide bonds. The van der Waals surface area contributed by atoms with Crippen LogP contribution in [0.2, 0.25) is 0 Å². The van der Waals surface area contributed by atoms with Crippen molar-refractivity contribution in [2.75, 3.05) is 27.3 Å². The molecule has 0 spiro atoms. The van der Waals surface area contributed by atoms with Crippen LogP contribution in [0.25, 0.3) is 0 Å². The molecule has 82 valence electrons. The number of benzene rings is 1. The molecule has 2 rings (SSSR count). The van der Waals surface area contributed by atoms with Crippen LogP contribution in [-0.4, -0.2) is 38.0 Å². The molecule has 1 heterocycles. The lowest BCUT2D eigenvalue weighted by Gasteiger charge is -2.47. The van der Waals surface area contributed by atoms with Crippen molar-refractivity contribution in [3.63, 3.8) is 0 Å². The first-order valence-electron chi connectivity index (χ1n) is 5.14. The topological polar surface area (TPSA) is 21.7 Å². The molecule has 1 aromatic rings. The predicted octanol–water partition coefficient (Wildman–Crippen LogP) is 1.49. The lowest BCUT2D eigenvalue weighted by molar-refractivity contribution is -0.277. The standard InChI is InChI=1S/C12H17NO2/c1-14-12(15-2)9-13(10-12)8-11-6-4-3-5-7-11/h3-7H,8-10H2,1-2H3. The Hall–Kier alpha value is -0.900. The Morgan fingerprint density at radius 3 is 2.27 bits per heavy atom. The summed E-state index contributed by atoms with van der Waals surface area (Å²) in [5.74, 6) is -0.366. The zero-order valence-corrected chi connectivity index (χ0v) is 9.27. The zero-order valence-electron chi connectivity index (χ0n) is 9.27. The minimum Gasteiger partial charge on any atom is -0.351 e. The molecule has 0 atom stereocenters. The van der Waals surface area contributed by atoms with Crippen molar-refractivity contribution >= 4 is 0 Å². The van der Waals surface area contributed by atoms with E-state index in [-0.39, 0.29) is 5.79 Å². The van der Waals surface area contributed by atoms with Gasteiger partial charge in [-0.1, -0.05) is 30.3 Å². The minimum absolute atomic E-state index is 0.366. The summed E-state index contributed by atoms with van der Waals surface area (Å²) < 4.78 is 10.7. The van der Waals surface area contributed by atoms with Gasteiger partial charge in [0.2, 0.25) is 0 Å². The average Bonchev–Trinajstić information content (AvgIpc) is 2.24.